The van der Waals surface area contributed by atoms with E-state index in [4.69, 9.17) is 9.47 Å². The van der Waals surface area contributed by atoms with Gasteiger partial charge in [0.15, 0.2) is 5.69 Å². The lowest BCUT2D eigenvalue weighted by Gasteiger charge is -2.06. The van der Waals surface area contributed by atoms with E-state index in [1.165, 1.54) is 0 Å². The van der Waals surface area contributed by atoms with Gasteiger partial charge in [-0.15, -0.1) is 0 Å². The zero-order chi connectivity index (χ0) is 20.1. The van der Waals surface area contributed by atoms with Gasteiger partial charge in [-0.25, -0.2) is 9.48 Å². The minimum Gasteiger partial charge on any atom is -0.497 e. The molecule has 3 rings (SSSR count). The smallest absolute Gasteiger partial charge is 0.338 e. The number of nitrogens with one attached hydrogen (secondary N) is 1. The summed E-state index contributed by atoms with van der Waals surface area (Å²) in [5, 5.41) is 7.18. The summed E-state index contributed by atoms with van der Waals surface area (Å²) in [7, 11) is 1.60. The van der Waals surface area contributed by atoms with Gasteiger partial charge in [-0.2, -0.15) is 5.10 Å². The fraction of sp³-hybridized carbons (Fsp3) is 0.190. The molecule has 2 aromatic carbocycles. The molecule has 1 N–H and O–H groups in total. The number of rotatable bonds is 6. The van der Waals surface area contributed by atoms with E-state index in [1.54, 1.807) is 49.0 Å². The Kier molecular flexibility index (Phi) is 5.74. The lowest BCUT2D eigenvalue weighted by molar-refractivity contribution is 0.0526. The van der Waals surface area contributed by atoms with Gasteiger partial charge in [-0.3, -0.25) is 4.79 Å². The summed E-state index contributed by atoms with van der Waals surface area (Å²) in [4.78, 5) is 24.2. The molecule has 0 aliphatic carbocycles. The molecule has 1 amide bonds. The number of benzene rings is 2. The second-order valence-corrected chi connectivity index (χ2v) is 6.04. The van der Waals surface area contributed by atoms with Crippen LogP contribution in [-0.2, 0) is 4.74 Å². The first-order chi connectivity index (χ1) is 13.5. The number of methoxy groups -OCH3 is 1. The number of aromatic nitrogens is 2. The lowest BCUT2D eigenvalue weighted by Crippen LogP contribution is -2.13. The quantitative estimate of drug-likeness (QED) is 0.662. The van der Waals surface area contributed by atoms with Gasteiger partial charge >= 0.3 is 5.97 Å². The Morgan fingerprint density at radius 2 is 1.86 bits per heavy atom. The summed E-state index contributed by atoms with van der Waals surface area (Å²) in [6.45, 7) is 3.93. The van der Waals surface area contributed by atoms with E-state index in [0.29, 0.717) is 23.6 Å². The third-order valence-corrected chi connectivity index (χ3v) is 4.07. The Hall–Kier alpha value is -3.61. The first-order valence-electron chi connectivity index (χ1n) is 8.81. The van der Waals surface area contributed by atoms with Crippen molar-refractivity contribution in [1.29, 1.82) is 0 Å². The van der Waals surface area contributed by atoms with Crippen molar-refractivity contribution in [3.05, 3.63) is 71.5 Å². The van der Waals surface area contributed by atoms with Crippen LogP contribution in [0.4, 0.5) is 5.69 Å². The number of anilines is 1. The summed E-state index contributed by atoms with van der Waals surface area (Å²) < 4.78 is 11.9. The zero-order valence-corrected chi connectivity index (χ0v) is 15.9. The molecule has 0 aliphatic heterocycles. The summed E-state index contributed by atoms with van der Waals surface area (Å²) in [6.07, 6.45) is 0. The molecule has 144 valence electrons. The van der Waals surface area contributed by atoms with E-state index in [9.17, 15) is 9.59 Å². The molecule has 1 aromatic heterocycles. The van der Waals surface area contributed by atoms with E-state index >= 15 is 0 Å². The summed E-state index contributed by atoms with van der Waals surface area (Å²) in [5.74, 6) is -0.0262. The average Bonchev–Trinajstić information content (AvgIpc) is 3.10. The number of esters is 1. The second-order valence-electron chi connectivity index (χ2n) is 6.04. The molecule has 7 nitrogen and oxygen atoms in total. The Morgan fingerprint density at radius 1 is 1.11 bits per heavy atom. The SMILES string of the molecule is CCOC(=O)c1ccc(NC(=O)c2cc(C)n(-c3cccc(OC)c3)n2)cc1. The maximum atomic E-state index is 12.6. The van der Waals surface area contributed by atoms with E-state index in [0.717, 1.165) is 11.4 Å². The molecule has 0 fully saturated rings. The molecule has 0 saturated carbocycles. The Bertz CT molecular complexity index is 993. The highest BCUT2D eigenvalue weighted by Crippen LogP contribution is 2.19. The van der Waals surface area contributed by atoms with Crippen molar-refractivity contribution in [2.75, 3.05) is 19.0 Å². The maximum absolute atomic E-state index is 12.6. The van der Waals surface area contributed by atoms with Gasteiger partial charge in [0.1, 0.15) is 5.75 Å². The maximum Gasteiger partial charge on any atom is 0.338 e. The molecule has 0 unspecified atom stereocenters. The van der Waals surface area contributed by atoms with Crippen LogP contribution in [0.1, 0.15) is 33.5 Å². The largest absolute Gasteiger partial charge is 0.497 e. The van der Waals surface area contributed by atoms with E-state index in [1.807, 2.05) is 31.2 Å². The number of nitrogens with zero attached hydrogens (tertiary/aromatic N) is 2. The highest BCUT2D eigenvalue weighted by molar-refractivity contribution is 6.03. The van der Waals surface area contributed by atoms with E-state index in [-0.39, 0.29) is 11.6 Å². The zero-order valence-electron chi connectivity index (χ0n) is 15.9. The summed E-state index contributed by atoms with van der Waals surface area (Å²) in [6, 6.07) is 15.7. The molecule has 0 atom stereocenters. The minimum absolute atomic E-state index is 0.287. The fourth-order valence-corrected chi connectivity index (χ4v) is 2.69. The number of amides is 1. The fourth-order valence-electron chi connectivity index (χ4n) is 2.69. The van der Waals surface area contributed by atoms with Crippen molar-refractivity contribution in [3.63, 3.8) is 0 Å². The molecule has 1 heterocycles. The Labute approximate surface area is 162 Å². The highest BCUT2D eigenvalue weighted by Gasteiger charge is 2.14. The van der Waals surface area contributed by atoms with Crippen LogP contribution in [0.3, 0.4) is 0 Å². The van der Waals surface area contributed by atoms with Crippen LogP contribution in [0.2, 0.25) is 0 Å². The van der Waals surface area contributed by atoms with Crippen LogP contribution in [-0.4, -0.2) is 35.4 Å². The summed E-state index contributed by atoms with van der Waals surface area (Å²) in [5.41, 5.74) is 2.89. The van der Waals surface area contributed by atoms with Crippen molar-refractivity contribution in [3.8, 4) is 11.4 Å². The monoisotopic (exact) mass is 379 g/mol. The second kappa shape index (κ2) is 8.39. The van der Waals surface area contributed by atoms with E-state index in [2.05, 4.69) is 10.4 Å². The topological polar surface area (TPSA) is 82.5 Å². The van der Waals surface area contributed by atoms with Gasteiger partial charge in [-0.05, 0) is 56.3 Å². The number of hydrogen-bond acceptors (Lipinski definition) is 5. The first kappa shape index (κ1) is 19.2. The van der Waals surface area contributed by atoms with Gasteiger partial charge < -0.3 is 14.8 Å². The van der Waals surface area contributed by atoms with Crippen LogP contribution in [0.5, 0.6) is 5.75 Å². The van der Waals surface area contributed by atoms with Crippen molar-refractivity contribution >= 4 is 17.6 Å². The van der Waals surface area contributed by atoms with Crippen LogP contribution in [0.15, 0.2) is 54.6 Å². The van der Waals surface area contributed by atoms with Gasteiger partial charge in [0.05, 0.1) is 25.0 Å². The Balaban J connectivity index is 1.75. The number of aryl methyl sites for hydroxylation is 1. The van der Waals surface area contributed by atoms with Crippen LogP contribution >= 0.6 is 0 Å². The number of carbonyl (C=O) groups is 2. The van der Waals surface area contributed by atoms with Crippen LogP contribution in [0.25, 0.3) is 5.69 Å². The molecule has 0 radical (unpaired) electrons. The molecule has 0 saturated heterocycles. The van der Waals surface area contributed by atoms with Crippen molar-refractivity contribution in [1.82, 2.24) is 9.78 Å². The molecule has 7 heteroatoms. The molecule has 0 spiro atoms. The number of carbonyl (C=O) groups excluding carboxylic acids is 2. The van der Waals surface area contributed by atoms with Crippen molar-refractivity contribution in [2.45, 2.75) is 13.8 Å². The van der Waals surface area contributed by atoms with Gasteiger partial charge in [0, 0.05) is 17.4 Å². The predicted molar refractivity (Wildman–Crippen MR) is 105 cm³/mol. The van der Waals surface area contributed by atoms with Gasteiger partial charge in [-0.1, -0.05) is 6.07 Å². The molecule has 0 bridgehead atoms. The molecular formula is C21H21N3O4. The van der Waals surface area contributed by atoms with Crippen molar-refractivity contribution < 1.29 is 19.1 Å². The lowest BCUT2D eigenvalue weighted by atomic mass is 10.2. The van der Waals surface area contributed by atoms with Crippen LogP contribution < -0.4 is 10.1 Å². The summed E-state index contributed by atoms with van der Waals surface area (Å²) >= 11 is 0. The van der Waals surface area contributed by atoms with E-state index < -0.39 is 5.97 Å². The first-order valence-corrected chi connectivity index (χ1v) is 8.81. The minimum atomic E-state index is -0.395. The standard InChI is InChI=1S/C21H21N3O4/c1-4-28-21(26)15-8-10-16(11-9-15)22-20(25)19-12-14(2)24(23-19)17-6-5-7-18(13-17)27-3/h5-13H,4H2,1-3H3,(H,22,25). The Morgan fingerprint density at radius 3 is 2.54 bits per heavy atom. The number of ether oxygens (including phenoxy) is 2. The molecule has 0 aliphatic rings. The predicted octanol–water partition coefficient (Wildman–Crippen LogP) is 3.62. The highest BCUT2D eigenvalue weighted by atomic mass is 16.5. The normalized spacial score (nSPS) is 10.4. The molecule has 28 heavy (non-hydrogen) atoms. The van der Waals surface area contributed by atoms with Gasteiger partial charge in [0.2, 0.25) is 0 Å². The third-order valence-electron chi connectivity index (χ3n) is 4.07. The van der Waals surface area contributed by atoms with Gasteiger partial charge in [0.25, 0.3) is 5.91 Å². The van der Waals surface area contributed by atoms with Crippen LogP contribution in [0, 0.1) is 6.92 Å². The third kappa shape index (κ3) is 4.20. The number of hydrogen-bond donors (Lipinski definition) is 1. The van der Waals surface area contributed by atoms with Crippen molar-refractivity contribution in [2.24, 2.45) is 0 Å². The molecule has 3 aromatic rings. The average molecular weight is 379 g/mol. The molecular weight excluding hydrogens is 358 g/mol.